The van der Waals surface area contributed by atoms with E-state index in [1.807, 2.05) is 55.5 Å². The van der Waals surface area contributed by atoms with Gasteiger partial charge >= 0.3 is 0 Å². The number of aromatic nitrogens is 2. The number of nitrogens with one attached hydrogen (secondary N) is 2. The molecule has 2 heterocycles. The summed E-state index contributed by atoms with van der Waals surface area (Å²) in [4.78, 5) is 33.3. The molecule has 148 valence electrons. The maximum atomic E-state index is 12.3. The highest BCUT2D eigenvalue weighted by Gasteiger charge is 2.14. The van der Waals surface area contributed by atoms with Crippen molar-refractivity contribution in [1.29, 1.82) is 0 Å². The Morgan fingerprint density at radius 1 is 0.862 bits per heavy atom. The van der Waals surface area contributed by atoms with Gasteiger partial charge in [0.05, 0.1) is 20.4 Å². The summed E-state index contributed by atoms with van der Waals surface area (Å²) < 4.78 is 2.09. The van der Waals surface area contributed by atoms with E-state index in [4.69, 9.17) is 0 Å². The number of fused-ring (bicyclic) bond motifs is 2. The van der Waals surface area contributed by atoms with Gasteiger partial charge in [-0.25, -0.2) is 9.97 Å². The number of hydrogen-bond acceptors (Lipinski definition) is 6. The van der Waals surface area contributed by atoms with E-state index in [-0.39, 0.29) is 17.7 Å². The molecule has 8 heteroatoms. The van der Waals surface area contributed by atoms with E-state index in [1.54, 1.807) is 0 Å². The van der Waals surface area contributed by atoms with Crippen LogP contribution in [0, 0.1) is 5.92 Å². The smallest absolute Gasteiger partial charge is 0.226 e. The minimum Gasteiger partial charge on any atom is -0.302 e. The van der Waals surface area contributed by atoms with Crippen LogP contribution in [0.3, 0.4) is 0 Å². The highest BCUT2D eigenvalue weighted by molar-refractivity contribution is 7.22. The minimum absolute atomic E-state index is 0.0804. The fourth-order valence-corrected chi connectivity index (χ4v) is 4.76. The highest BCUT2D eigenvalue weighted by atomic mass is 32.1. The number of amides is 2. The van der Waals surface area contributed by atoms with Gasteiger partial charge in [0.15, 0.2) is 10.3 Å². The number of benzene rings is 2. The molecule has 2 amide bonds. The standard InChI is InChI=1S/C21H20N4O2S2/c1-13(12-19(27)25-21-23-15-7-3-5-9-17(15)29-21)10-11-18(26)24-20-22-14-6-2-4-8-16(14)28-20/h2-9,13H,10-12H2,1H3,(H,22,24,26)(H,23,25,27). The molecule has 0 aliphatic rings. The molecule has 0 spiro atoms. The molecular formula is C21H20N4O2S2. The predicted octanol–water partition coefficient (Wildman–Crippen LogP) is 5.29. The number of anilines is 2. The van der Waals surface area contributed by atoms with Crippen LogP contribution in [-0.2, 0) is 9.59 Å². The predicted molar refractivity (Wildman–Crippen MR) is 120 cm³/mol. The van der Waals surface area contributed by atoms with E-state index < -0.39 is 0 Å². The molecule has 0 saturated heterocycles. The first-order chi connectivity index (χ1) is 14.1. The first-order valence-electron chi connectivity index (χ1n) is 9.37. The lowest BCUT2D eigenvalue weighted by Gasteiger charge is -2.10. The van der Waals surface area contributed by atoms with Crippen LogP contribution in [0.25, 0.3) is 20.4 Å². The van der Waals surface area contributed by atoms with Crippen LogP contribution < -0.4 is 10.6 Å². The Morgan fingerprint density at radius 2 is 1.38 bits per heavy atom. The number of nitrogens with zero attached hydrogens (tertiary/aromatic N) is 2. The van der Waals surface area contributed by atoms with Crippen LogP contribution in [0.1, 0.15) is 26.2 Å². The average Bonchev–Trinajstić information content (AvgIpc) is 3.28. The molecule has 0 aliphatic carbocycles. The Kier molecular flexibility index (Phi) is 5.82. The van der Waals surface area contributed by atoms with Gasteiger partial charge in [-0.1, -0.05) is 53.9 Å². The normalized spacial score (nSPS) is 12.2. The zero-order chi connectivity index (χ0) is 20.2. The largest absolute Gasteiger partial charge is 0.302 e. The summed E-state index contributed by atoms with van der Waals surface area (Å²) in [6, 6.07) is 15.6. The molecule has 1 unspecified atom stereocenters. The molecule has 0 aliphatic heterocycles. The number of para-hydroxylation sites is 2. The lowest BCUT2D eigenvalue weighted by Crippen LogP contribution is -2.17. The maximum Gasteiger partial charge on any atom is 0.226 e. The van der Waals surface area contributed by atoms with Crippen LogP contribution >= 0.6 is 22.7 Å². The second kappa shape index (κ2) is 8.67. The second-order valence-corrected chi connectivity index (χ2v) is 8.98. The molecule has 2 aromatic heterocycles. The van der Waals surface area contributed by atoms with Crippen LogP contribution in [0.5, 0.6) is 0 Å². The lowest BCUT2D eigenvalue weighted by atomic mass is 10.0. The zero-order valence-corrected chi connectivity index (χ0v) is 17.5. The molecule has 4 rings (SSSR count). The molecular weight excluding hydrogens is 404 g/mol. The monoisotopic (exact) mass is 424 g/mol. The van der Waals surface area contributed by atoms with Gasteiger partial charge in [0.2, 0.25) is 11.8 Å². The summed E-state index contributed by atoms with van der Waals surface area (Å²) in [5.41, 5.74) is 1.76. The third kappa shape index (κ3) is 4.96. The SMILES string of the molecule is CC(CCC(=O)Nc1nc2ccccc2s1)CC(=O)Nc1nc2ccccc2s1. The molecule has 0 saturated carbocycles. The quantitative estimate of drug-likeness (QED) is 0.422. The average molecular weight is 425 g/mol. The second-order valence-electron chi connectivity index (χ2n) is 6.92. The molecule has 0 radical (unpaired) electrons. The van der Waals surface area contributed by atoms with Gasteiger partial charge in [0, 0.05) is 12.8 Å². The van der Waals surface area contributed by atoms with Crippen LogP contribution in [0.4, 0.5) is 10.3 Å². The Balaban J connectivity index is 1.23. The first kappa shape index (κ1) is 19.5. The molecule has 0 bridgehead atoms. The first-order valence-corrected chi connectivity index (χ1v) is 11.0. The van der Waals surface area contributed by atoms with Gasteiger partial charge in [-0.05, 0) is 36.6 Å². The minimum atomic E-state index is -0.0810. The molecule has 29 heavy (non-hydrogen) atoms. The maximum absolute atomic E-state index is 12.3. The third-order valence-corrected chi connectivity index (χ3v) is 6.38. The Hall–Kier alpha value is -2.84. The fourth-order valence-electron chi connectivity index (χ4n) is 3.00. The van der Waals surface area contributed by atoms with E-state index in [9.17, 15) is 9.59 Å². The van der Waals surface area contributed by atoms with E-state index in [1.165, 1.54) is 22.7 Å². The van der Waals surface area contributed by atoms with Crippen molar-refractivity contribution in [1.82, 2.24) is 9.97 Å². The van der Waals surface area contributed by atoms with Gasteiger partial charge < -0.3 is 10.6 Å². The van der Waals surface area contributed by atoms with Gasteiger partial charge in [-0.3, -0.25) is 9.59 Å². The summed E-state index contributed by atoms with van der Waals surface area (Å²) in [5.74, 6) is -0.0730. The number of carbonyl (C=O) groups excluding carboxylic acids is 2. The van der Waals surface area contributed by atoms with E-state index in [0.717, 1.165) is 20.4 Å². The van der Waals surface area contributed by atoms with Crippen molar-refractivity contribution in [3.05, 3.63) is 48.5 Å². The Labute approximate surface area is 176 Å². The fraction of sp³-hybridized carbons (Fsp3) is 0.238. The molecule has 0 fully saturated rings. The highest BCUT2D eigenvalue weighted by Crippen LogP contribution is 2.27. The molecule has 1 atom stereocenters. The van der Waals surface area contributed by atoms with Crippen molar-refractivity contribution >= 4 is 65.2 Å². The molecule has 4 aromatic rings. The van der Waals surface area contributed by atoms with E-state index >= 15 is 0 Å². The topological polar surface area (TPSA) is 84.0 Å². The van der Waals surface area contributed by atoms with Crippen LogP contribution in [-0.4, -0.2) is 21.8 Å². The summed E-state index contributed by atoms with van der Waals surface area (Å²) in [6.45, 7) is 1.98. The van der Waals surface area contributed by atoms with Crippen LogP contribution in [0.15, 0.2) is 48.5 Å². The third-order valence-electron chi connectivity index (χ3n) is 4.48. The van der Waals surface area contributed by atoms with Gasteiger partial charge in [-0.2, -0.15) is 0 Å². The molecule has 6 nitrogen and oxygen atoms in total. The summed E-state index contributed by atoms with van der Waals surface area (Å²) in [7, 11) is 0. The lowest BCUT2D eigenvalue weighted by molar-refractivity contribution is -0.118. The summed E-state index contributed by atoms with van der Waals surface area (Å²) in [5, 5.41) is 6.94. The van der Waals surface area contributed by atoms with E-state index in [2.05, 4.69) is 20.6 Å². The van der Waals surface area contributed by atoms with Crippen molar-refractivity contribution in [2.45, 2.75) is 26.2 Å². The van der Waals surface area contributed by atoms with Crippen molar-refractivity contribution in [2.75, 3.05) is 10.6 Å². The van der Waals surface area contributed by atoms with Gasteiger partial charge in [0.25, 0.3) is 0 Å². The van der Waals surface area contributed by atoms with E-state index in [0.29, 0.717) is 29.5 Å². The van der Waals surface area contributed by atoms with Crippen molar-refractivity contribution in [3.63, 3.8) is 0 Å². The Morgan fingerprint density at radius 3 is 1.93 bits per heavy atom. The molecule has 2 aromatic carbocycles. The number of rotatable bonds is 7. The van der Waals surface area contributed by atoms with Crippen molar-refractivity contribution in [3.8, 4) is 0 Å². The zero-order valence-electron chi connectivity index (χ0n) is 15.8. The van der Waals surface area contributed by atoms with Crippen molar-refractivity contribution in [2.24, 2.45) is 5.92 Å². The van der Waals surface area contributed by atoms with Gasteiger partial charge in [0.1, 0.15) is 0 Å². The summed E-state index contributed by atoms with van der Waals surface area (Å²) in [6.07, 6.45) is 1.33. The molecule has 2 N–H and O–H groups in total. The number of thiazole rings is 2. The Bertz CT molecular complexity index is 1100. The van der Waals surface area contributed by atoms with Crippen molar-refractivity contribution < 1.29 is 9.59 Å². The van der Waals surface area contributed by atoms with Gasteiger partial charge in [-0.15, -0.1) is 0 Å². The number of hydrogen-bond donors (Lipinski definition) is 2. The number of carbonyl (C=O) groups is 2. The summed E-state index contributed by atoms with van der Waals surface area (Å²) >= 11 is 2.92. The van der Waals surface area contributed by atoms with Crippen LogP contribution in [0.2, 0.25) is 0 Å².